The van der Waals surface area contributed by atoms with Crippen molar-refractivity contribution in [2.75, 3.05) is 13.7 Å². The molecule has 1 aromatic heterocycles. The van der Waals surface area contributed by atoms with Gasteiger partial charge in [-0.15, -0.1) is 5.10 Å². The van der Waals surface area contributed by atoms with Crippen LogP contribution in [0.5, 0.6) is 0 Å². The highest BCUT2D eigenvalue weighted by Gasteiger charge is 2.38. The van der Waals surface area contributed by atoms with E-state index in [1.54, 1.807) is 7.05 Å². The largest absolute Gasteiger partial charge is 0.379 e. The van der Waals surface area contributed by atoms with Crippen LogP contribution in [0.1, 0.15) is 35.3 Å². The second-order valence-corrected chi connectivity index (χ2v) is 7.82. The third-order valence-electron chi connectivity index (χ3n) is 5.68. The van der Waals surface area contributed by atoms with Crippen LogP contribution in [0.2, 0.25) is 0 Å². The normalized spacial score (nSPS) is 24.9. The zero-order valence-corrected chi connectivity index (χ0v) is 16.9. The first kappa shape index (κ1) is 20.7. The molecule has 2 unspecified atom stereocenters. The quantitative estimate of drug-likeness (QED) is 0.281. The minimum absolute atomic E-state index is 0.0479. The van der Waals surface area contributed by atoms with E-state index >= 15 is 0 Å². The molecule has 4 rings (SSSR count). The lowest BCUT2D eigenvalue weighted by molar-refractivity contribution is -0.0535. The fraction of sp³-hybridized carbons (Fsp3) is 0.474. The van der Waals surface area contributed by atoms with E-state index in [-0.39, 0.29) is 17.4 Å². The lowest BCUT2D eigenvalue weighted by atomic mass is 9.93. The van der Waals surface area contributed by atoms with E-state index in [4.69, 9.17) is 22.0 Å². The van der Waals surface area contributed by atoms with E-state index in [0.717, 1.165) is 34.7 Å². The highest BCUT2D eigenvalue weighted by atomic mass is 19.1. The van der Waals surface area contributed by atoms with Gasteiger partial charge in [0.25, 0.3) is 0 Å². The number of rotatable bonds is 4. The van der Waals surface area contributed by atoms with Gasteiger partial charge in [0.2, 0.25) is 0 Å². The van der Waals surface area contributed by atoms with Gasteiger partial charge in [-0.1, -0.05) is 0 Å². The summed E-state index contributed by atoms with van der Waals surface area (Å²) < 4.78 is 35.5. The second kappa shape index (κ2) is 7.91. The molecule has 2 aromatic rings. The molecule has 6 N–H and O–H groups in total. The molecule has 0 radical (unpaired) electrons. The van der Waals surface area contributed by atoms with Gasteiger partial charge < -0.3 is 20.8 Å². The first-order valence-corrected chi connectivity index (χ1v) is 9.68. The molecule has 0 spiro atoms. The van der Waals surface area contributed by atoms with Crippen LogP contribution in [0.15, 0.2) is 23.3 Å². The summed E-state index contributed by atoms with van der Waals surface area (Å²) in [6, 6.07) is 2.94. The summed E-state index contributed by atoms with van der Waals surface area (Å²) in [4.78, 5) is 6.84. The fourth-order valence-electron chi connectivity index (χ4n) is 4.21. The molecule has 3 heterocycles. The molecule has 162 valence electrons. The standard InChI is InChI=1S/C19H26F2N8O/c1-27-16-8-29(7-15(16)25-19(27)18(23)26-28(2)24)11-6-14(22)17(30-9-11)12-5-10(20)3-4-13(12)21/h3-5,11,14,17H,6-9,22,24H2,1-2H3,(H2,23,26)/t11?,14?,17-/m1/s1. The summed E-state index contributed by atoms with van der Waals surface area (Å²) in [7, 11) is 3.47. The molecular formula is C19H26F2N8O. The van der Waals surface area contributed by atoms with E-state index in [1.165, 1.54) is 0 Å². The predicted molar refractivity (Wildman–Crippen MR) is 107 cm³/mol. The van der Waals surface area contributed by atoms with Gasteiger partial charge in [-0.3, -0.25) is 4.90 Å². The van der Waals surface area contributed by atoms with Crippen LogP contribution in [-0.4, -0.2) is 51.1 Å². The van der Waals surface area contributed by atoms with E-state index in [9.17, 15) is 8.78 Å². The van der Waals surface area contributed by atoms with Crippen molar-refractivity contribution in [2.24, 2.45) is 29.5 Å². The summed E-state index contributed by atoms with van der Waals surface area (Å²) in [5.74, 6) is 5.31. The number of nitrogens with zero attached hydrogens (tertiary/aromatic N) is 5. The van der Waals surface area contributed by atoms with Crippen LogP contribution >= 0.6 is 0 Å². The van der Waals surface area contributed by atoms with E-state index < -0.39 is 23.8 Å². The molecule has 0 saturated carbocycles. The maximum atomic E-state index is 14.1. The summed E-state index contributed by atoms with van der Waals surface area (Å²) in [6.45, 7) is 1.65. The van der Waals surface area contributed by atoms with Crippen LogP contribution in [0.4, 0.5) is 8.78 Å². The molecule has 0 amide bonds. The molecule has 1 fully saturated rings. The van der Waals surface area contributed by atoms with Crippen molar-refractivity contribution in [3.63, 3.8) is 0 Å². The van der Waals surface area contributed by atoms with Crippen LogP contribution in [0.3, 0.4) is 0 Å². The number of halogens is 2. The number of nitrogens with two attached hydrogens (primary N) is 3. The lowest BCUT2D eigenvalue weighted by Crippen LogP contribution is -2.48. The molecule has 1 aromatic carbocycles. The number of ether oxygens (including phenoxy) is 1. The van der Waals surface area contributed by atoms with Gasteiger partial charge in [0.1, 0.15) is 17.7 Å². The molecule has 2 aliphatic heterocycles. The van der Waals surface area contributed by atoms with E-state index in [2.05, 4.69) is 15.0 Å². The monoisotopic (exact) mass is 420 g/mol. The Morgan fingerprint density at radius 1 is 1.33 bits per heavy atom. The minimum atomic E-state index is -0.670. The van der Waals surface area contributed by atoms with Gasteiger partial charge in [-0.05, 0) is 24.6 Å². The van der Waals surface area contributed by atoms with Gasteiger partial charge in [0, 0.05) is 44.8 Å². The van der Waals surface area contributed by atoms with Gasteiger partial charge in [0.15, 0.2) is 11.7 Å². The van der Waals surface area contributed by atoms with Crippen molar-refractivity contribution >= 4 is 5.84 Å². The van der Waals surface area contributed by atoms with E-state index in [0.29, 0.717) is 31.9 Å². The topological polar surface area (TPSA) is 124 Å². The maximum Gasteiger partial charge on any atom is 0.188 e. The van der Waals surface area contributed by atoms with Crippen molar-refractivity contribution in [2.45, 2.75) is 37.7 Å². The Kier molecular flexibility index (Phi) is 5.45. The van der Waals surface area contributed by atoms with Gasteiger partial charge in [-0.25, -0.2) is 24.7 Å². The zero-order valence-electron chi connectivity index (χ0n) is 16.9. The highest BCUT2D eigenvalue weighted by Crippen LogP contribution is 2.34. The number of benzene rings is 1. The molecule has 9 nitrogen and oxygen atoms in total. The summed E-state index contributed by atoms with van der Waals surface area (Å²) in [6.07, 6.45) is -0.0702. The summed E-state index contributed by atoms with van der Waals surface area (Å²) in [5.41, 5.74) is 14.4. The summed E-state index contributed by atoms with van der Waals surface area (Å²) in [5, 5.41) is 5.14. The Hall–Kier alpha value is -2.60. The molecule has 30 heavy (non-hydrogen) atoms. The predicted octanol–water partition coefficient (Wildman–Crippen LogP) is 0.297. The highest BCUT2D eigenvalue weighted by molar-refractivity contribution is 5.94. The average molecular weight is 420 g/mol. The van der Waals surface area contributed by atoms with Crippen molar-refractivity contribution < 1.29 is 13.5 Å². The Labute approximate surface area is 173 Å². The zero-order chi connectivity index (χ0) is 21.6. The van der Waals surface area contributed by atoms with Gasteiger partial charge in [0.05, 0.1) is 18.0 Å². The van der Waals surface area contributed by atoms with Crippen LogP contribution in [-0.2, 0) is 24.9 Å². The maximum absolute atomic E-state index is 14.1. The third-order valence-corrected chi connectivity index (χ3v) is 5.68. The Morgan fingerprint density at radius 2 is 2.10 bits per heavy atom. The van der Waals surface area contributed by atoms with Gasteiger partial charge >= 0.3 is 0 Å². The number of fused-ring (bicyclic) bond motifs is 1. The lowest BCUT2D eigenvalue weighted by Gasteiger charge is -2.38. The Balaban J connectivity index is 1.45. The minimum Gasteiger partial charge on any atom is -0.379 e. The van der Waals surface area contributed by atoms with Crippen molar-refractivity contribution in [3.05, 3.63) is 52.6 Å². The first-order valence-electron chi connectivity index (χ1n) is 9.68. The fourth-order valence-corrected chi connectivity index (χ4v) is 4.21. The average Bonchev–Trinajstić information content (AvgIpc) is 3.23. The number of hydrazone groups is 1. The van der Waals surface area contributed by atoms with Crippen LogP contribution in [0.25, 0.3) is 0 Å². The smallest absolute Gasteiger partial charge is 0.188 e. The molecule has 3 atom stereocenters. The van der Waals surface area contributed by atoms with Crippen molar-refractivity contribution in [1.29, 1.82) is 0 Å². The third kappa shape index (κ3) is 3.76. The molecule has 11 heteroatoms. The number of hydrogen-bond acceptors (Lipinski definition) is 7. The summed E-state index contributed by atoms with van der Waals surface area (Å²) >= 11 is 0. The number of hydrazine groups is 1. The van der Waals surface area contributed by atoms with Crippen molar-refractivity contribution in [1.82, 2.24) is 19.6 Å². The van der Waals surface area contributed by atoms with Crippen LogP contribution < -0.4 is 17.3 Å². The molecule has 1 saturated heterocycles. The second-order valence-electron chi connectivity index (χ2n) is 7.82. The van der Waals surface area contributed by atoms with Crippen molar-refractivity contribution in [3.8, 4) is 0 Å². The van der Waals surface area contributed by atoms with Crippen LogP contribution in [0, 0.1) is 11.6 Å². The number of hydrogen-bond donors (Lipinski definition) is 3. The number of imidazole rings is 1. The van der Waals surface area contributed by atoms with Gasteiger partial charge in [-0.2, -0.15) is 0 Å². The molecule has 2 aliphatic rings. The molecule has 0 bridgehead atoms. The van der Waals surface area contributed by atoms with E-state index in [1.807, 2.05) is 11.6 Å². The molecule has 0 aliphatic carbocycles. The first-order chi connectivity index (χ1) is 14.2. The Morgan fingerprint density at radius 3 is 2.77 bits per heavy atom. The SMILES string of the molecule is CN(N)/N=C(\N)c1nc2c(n1C)CN(C1CO[C@H](c3cc(F)ccc3F)C(N)C1)C2. The number of amidine groups is 1. The Bertz CT molecular complexity index is 976. The number of aromatic nitrogens is 2. The molecular weight excluding hydrogens is 394 g/mol.